The van der Waals surface area contributed by atoms with Crippen LogP contribution in [0.15, 0.2) is 30.6 Å². The first kappa shape index (κ1) is 17.4. The molecule has 1 N–H and O–H groups in total. The zero-order chi connectivity index (χ0) is 17.8. The molecule has 132 valence electrons. The number of rotatable bonds is 4. The molecule has 2 heterocycles. The molecule has 0 atom stereocenters. The van der Waals surface area contributed by atoms with E-state index >= 15 is 0 Å². The number of nitrogens with one attached hydrogen (secondary N) is 1. The van der Waals surface area contributed by atoms with Crippen molar-refractivity contribution >= 4 is 29.4 Å². The molecule has 0 saturated carbocycles. The van der Waals surface area contributed by atoms with Gasteiger partial charge in [0.2, 0.25) is 11.9 Å². The first-order valence-corrected chi connectivity index (χ1v) is 8.63. The summed E-state index contributed by atoms with van der Waals surface area (Å²) in [5.41, 5.74) is 0.458. The average Bonchev–Trinajstić information content (AvgIpc) is 3.02. The summed E-state index contributed by atoms with van der Waals surface area (Å²) in [6.07, 6.45) is 3.51. The van der Waals surface area contributed by atoms with Gasteiger partial charge in [-0.25, -0.2) is 9.67 Å². The third kappa shape index (κ3) is 4.57. The first-order valence-electron chi connectivity index (χ1n) is 8.25. The molecule has 1 fully saturated rings. The second kappa shape index (κ2) is 7.65. The number of hydrogen-bond acceptors (Lipinski definition) is 4. The Morgan fingerprint density at radius 2 is 1.92 bits per heavy atom. The van der Waals surface area contributed by atoms with E-state index in [0.717, 1.165) is 25.9 Å². The fraction of sp³-hybridized carbons (Fsp3) is 0.412. The number of carbonyl (C=O) groups is 2. The molecule has 0 radical (unpaired) electrons. The van der Waals surface area contributed by atoms with Crippen molar-refractivity contribution in [3.63, 3.8) is 0 Å². The largest absolute Gasteiger partial charge is 0.341 e. The van der Waals surface area contributed by atoms with E-state index in [9.17, 15) is 9.59 Å². The van der Waals surface area contributed by atoms with Gasteiger partial charge in [-0.3, -0.25) is 14.9 Å². The standard InChI is InChI=1S/C17H20ClN5O2/c1-12-6-8-22(9-7-12)15(24)10-23-11-19-17(21-23)20-16(25)13-2-4-14(18)5-3-13/h2-5,11-12H,6-10H2,1H3,(H,20,21,25). The van der Waals surface area contributed by atoms with E-state index in [1.165, 1.54) is 11.0 Å². The van der Waals surface area contributed by atoms with Gasteiger partial charge in [-0.05, 0) is 43.0 Å². The monoisotopic (exact) mass is 361 g/mol. The van der Waals surface area contributed by atoms with Crippen LogP contribution in [-0.4, -0.2) is 44.6 Å². The highest BCUT2D eigenvalue weighted by Gasteiger charge is 2.21. The minimum Gasteiger partial charge on any atom is -0.341 e. The van der Waals surface area contributed by atoms with E-state index < -0.39 is 0 Å². The topological polar surface area (TPSA) is 80.1 Å². The van der Waals surface area contributed by atoms with Gasteiger partial charge in [0.15, 0.2) is 0 Å². The summed E-state index contributed by atoms with van der Waals surface area (Å²) in [6.45, 7) is 3.90. The van der Waals surface area contributed by atoms with Crippen LogP contribution in [0.4, 0.5) is 5.95 Å². The number of aromatic nitrogens is 3. The van der Waals surface area contributed by atoms with E-state index in [1.54, 1.807) is 24.3 Å². The summed E-state index contributed by atoms with van der Waals surface area (Å²) in [7, 11) is 0. The van der Waals surface area contributed by atoms with Gasteiger partial charge in [0.25, 0.3) is 5.91 Å². The molecule has 0 unspecified atom stereocenters. The zero-order valence-corrected chi connectivity index (χ0v) is 14.7. The van der Waals surface area contributed by atoms with Crippen LogP contribution in [0.3, 0.4) is 0 Å². The van der Waals surface area contributed by atoms with Crippen molar-refractivity contribution in [2.45, 2.75) is 26.3 Å². The molecule has 1 aliphatic rings. The Kier molecular flexibility index (Phi) is 5.33. The summed E-state index contributed by atoms with van der Waals surface area (Å²) in [5.74, 6) is 0.531. The number of nitrogens with zero attached hydrogens (tertiary/aromatic N) is 4. The lowest BCUT2D eigenvalue weighted by Crippen LogP contribution is -2.39. The van der Waals surface area contributed by atoms with Gasteiger partial charge >= 0.3 is 0 Å². The third-order valence-electron chi connectivity index (χ3n) is 4.30. The molecule has 3 rings (SSSR count). The molecule has 0 aliphatic carbocycles. The summed E-state index contributed by atoms with van der Waals surface area (Å²) >= 11 is 5.80. The summed E-state index contributed by atoms with van der Waals surface area (Å²) < 4.78 is 1.44. The molecule has 0 bridgehead atoms. The molecule has 2 amide bonds. The van der Waals surface area contributed by atoms with Crippen molar-refractivity contribution in [3.8, 4) is 0 Å². The van der Waals surface area contributed by atoms with E-state index in [2.05, 4.69) is 22.3 Å². The van der Waals surface area contributed by atoms with Crippen LogP contribution in [0.1, 0.15) is 30.1 Å². The molecule has 1 aromatic heterocycles. The molecular weight excluding hydrogens is 342 g/mol. The second-order valence-electron chi connectivity index (χ2n) is 6.29. The number of anilines is 1. The summed E-state index contributed by atoms with van der Waals surface area (Å²) in [6, 6.07) is 6.52. The van der Waals surface area contributed by atoms with E-state index in [1.807, 2.05) is 4.90 Å². The Hall–Kier alpha value is -2.41. The van der Waals surface area contributed by atoms with E-state index in [0.29, 0.717) is 16.5 Å². The Bertz CT molecular complexity index is 751. The molecule has 8 heteroatoms. The number of piperidine rings is 1. The Morgan fingerprint density at radius 3 is 2.60 bits per heavy atom. The lowest BCUT2D eigenvalue weighted by molar-refractivity contribution is -0.133. The average molecular weight is 362 g/mol. The minimum atomic E-state index is -0.328. The fourth-order valence-corrected chi connectivity index (χ4v) is 2.83. The lowest BCUT2D eigenvalue weighted by atomic mass is 9.99. The fourth-order valence-electron chi connectivity index (χ4n) is 2.70. The summed E-state index contributed by atoms with van der Waals surface area (Å²) in [5, 5.41) is 7.31. The van der Waals surface area contributed by atoms with Crippen LogP contribution >= 0.6 is 11.6 Å². The molecule has 1 aromatic carbocycles. The number of carbonyl (C=O) groups excluding carboxylic acids is 2. The highest BCUT2D eigenvalue weighted by atomic mass is 35.5. The van der Waals surface area contributed by atoms with Crippen molar-refractivity contribution in [2.75, 3.05) is 18.4 Å². The number of halogens is 1. The molecule has 7 nitrogen and oxygen atoms in total. The van der Waals surface area contributed by atoms with Crippen LogP contribution < -0.4 is 5.32 Å². The molecule has 0 spiro atoms. The lowest BCUT2D eigenvalue weighted by Gasteiger charge is -2.30. The quantitative estimate of drug-likeness (QED) is 0.907. The van der Waals surface area contributed by atoms with Crippen molar-refractivity contribution in [1.82, 2.24) is 19.7 Å². The van der Waals surface area contributed by atoms with E-state index in [-0.39, 0.29) is 24.3 Å². The highest BCUT2D eigenvalue weighted by molar-refractivity contribution is 6.30. The molecule has 1 aliphatic heterocycles. The molecule has 25 heavy (non-hydrogen) atoms. The van der Waals surface area contributed by atoms with E-state index in [4.69, 9.17) is 11.6 Å². The van der Waals surface area contributed by atoms with Gasteiger partial charge in [-0.15, -0.1) is 5.10 Å². The van der Waals surface area contributed by atoms with Gasteiger partial charge in [0, 0.05) is 23.7 Å². The van der Waals surface area contributed by atoms with Crippen LogP contribution in [0.2, 0.25) is 5.02 Å². The molecule has 2 aromatic rings. The maximum Gasteiger partial charge on any atom is 0.258 e. The first-order chi connectivity index (χ1) is 12.0. The smallest absolute Gasteiger partial charge is 0.258 e. The SMILES string of the molecule is CC1CCN(C(=O)Cn2cnc(NC(=O)c3ccc(Cl)cc3)n2)CC1. The van der Waals surface area contributed by atoms with Gasteiger partial charge < -0.3 is 4.90 Å². The van der Waals surface area contributed by atoms with Crippen LogP contribution in [0.25, 0.3) is 0 Å². The van der Waals surface area contributed by atoms with Crippen LogP contribution in [-0.2, 0) is 11.3 Å². The predicted octanol–water partition coefficient (Wildman–Crippen LogP) is 2.44. The van der Waals surface area contributed by atoms with Gasteiger partial charge in [0.1, 0.15) is 12.9 Å². The molecular formula is C17H20ClN5O2. The highest BCUT2D eigenvalue weighted by Crippen LogP contribution is 2.16. The van der Waals surface area contributed by atoms with Crippen molar-refractivity contribution < 1.29 is 9.59 Å². The number of likely N-dealkylation sites (tertiary alicyclic amines) is 1. The van der Waals surface area contributed by atoms with Crippen molar-refractivity contribution in [2.24, 2.45) is 5.92 Å². The van der Waals surface area contributed by atoms with Gasteiger partial charge in [-0.2, -0.15) is 0 Å². The normalized spacial score (nSPS) is 15.2. The Balaban J connectivity index is 1.56. The minimum absolute atomic E-state index is 0.0207. The Labute approximate surface area is 151 Å². The van der Waals surface area contributed by atoms with Crippen LogP contribution in [0, 0.1) is 5.92 Å². The number of hydrogen-bond donors (Lipinski definition) is 1. The van der Waals surface area contributed by atoms with Gasteiger partial charge in [0.05, 0.1) is 0 Å². The third-order valence-corrected chi connectivity index (χ3v) is 4.55. The number of amides is 2. The second-order valence-corrected chi connectivity index (χ2v) is 6.73. The predicted molar refractivity (Wildman–Crippen MR) is 94.4 cm³/mol. The molecule has 1 saturated heterocycles. The van der Waals surface area contributed by atoms with Crippen molar-refractivity contribution in [3.05, 3.63) is 41.2 Å². The Morgan fingerprint density at radius 1 is 1.24 bits per heavy atom. The van der Waals surface area contributed by atoms with Crippen LogP contribution in [0.5, 0.6) is 0 Å². The maximum atomic E-state index is 12.3. The number of benzene rings is 1. The summed E-state index contributed by atoms with van der Waals surface area (Å²) in [4.78, 5) is 30.3. The van der Waals surface area contributed by atoms with Gasteiger partial charge in [-0.1, -0.05) is 18.5 Å². The maximum absolute atomic E-state index is 12.3. The zero-order valence-electron chi connectivity index (χ0n) is 14.0. The van der Waals surface area contributed by atoms with Crippen molar-refractivity contribution in [1.29, 1.82) is 0 Å².